The zero-order valence-corrected chi connectivity index (χ0v) is 13.2. The van der Waals surface area contributed by atoms with Crippen molar-refractivity contribution in [2.75, 3.05) is 13.7 Å². The van der Waals surface area contributed by atoms with E-state index in [-0.39, 0.29) is 0 Å². The van der Waals surface area contributed by atoms with E-state index < -0.39 is 6.10 Å². The van der Waals surface area contributed by atoms with E-state index in [2.05, 4.69) is 17.0 Å². The van der Waals surface area contributed by atoms with Crippen molar-refractivity contribution in [3.63, 3.8) is 0 Å². The molecule has 4 heteroatoms. The van der Waals surface area contributed by atoms with E-state index >= 15 is 0 Å². The molecule has 1 N–H and O–H groups in total. The number of ether oxygens (including phenoxy) is 1. The smallest absolute Gasteiger partial charge is 0.136 e. The zero-order valence-electron chi connectivity index (χ0n) is 13.2. The number of methoxy groups -OCH3 is 1. The van der Waals surface area contributed by atoms with E-state index in [0.717, 1.165) is 37.2 Å². The van der Waals surface area contributed by atoms with Gasteiger partial charge < -0.3 is 9.84 Å². The molecule has 0 radical (unpaired) electrons. The summed E-state index contributed by atoms with van der Waals surface area (Å²) in [7, 11) is 1.57. The Morgan fingerprint density at radius 1 is 1.30 bits per heavy atom. The fraction of sp³-hybridized carbons (Fsp3) is 0.316. The molecular formula is C19H20N2O2. The number of fused-ring (bicyclic) bond motifs is 1. The van der Waals surface area contributed by atoms with Crippen LogP contribution in [0.2, 0.25) is 0 Å². The Morgan fingerprint density at radius 3 is 2.91 bits per heavy atom. The minimum Gasteiger partial charge on any atom is -0.495 e. The van der Waals surface area contributed by atoms with Gasteiger partial charge in [0.25, 0.3) is 0 Å². The largest absolute Gasteiger partial charge is 0.495 e. The number of aliphatic hydroxyl groups excluding tert-OH is 1. The highest BCUT2D eigenvalue weighted by Gasteiger charge is 2.20. The average molecular weight is 308 g/mol. The van der Waals surface area contributed by atoms with Crippen molar-refractivity contribution >= 4 is 0 Å². The number of nitrogens with zero attached hydrogens (tertiary/aromatic N) is 2. The van der Waals surface area contributed by atoms with Crippen LogP contribution in [0.3, 0.4) is 0 Å². The van der Waals surface area contributed by atoms with Crippen molar-refractivity contribution in [3.05, 3.63) is 64.7 Å². The lowest BCUT2D eigenvalue weighted by Gasteiger charge is -2.20. The fourth-order valence-corrected chi connectivity index (χ4v) is 3.12. The van der Waals surface area contributed by atoms with Gasteiger partial charge in [-0.05, 0) is 35.2 Å². The van der Waals surface area contributed by atoms with E-state index in [1.54, 1.807) is 7.11 Å². The van der Waals surface area contributed by atoms with Gasteiger partial charge in [-0.15, -0.1) is 0 Å². The number of hydrogen-bond acceptors (Lipinski definition) is 4. The molecule has 2 aromatic carbocycles. The lowest BCUT2D eigenvalue weighted by atomic mass is 10.0. The van der Waals surface area contributed by atoms with E-state index in [9.17, 15) is 10.4 Å². The maximum atomic E-state index is 10.3. The molecule has 1 unspecified atom stereocenters. The van der Waals surface area contributed by atoms with E-state index in [1.807, 2.05) is 36.4 Å². The molecule has 1 aliphatic heterocycles. The molecule has 118 valence electrons. The summed E-state index contributed by atoms with van der Waals surface area (Å²) in [6.07, 6.45) is 0.319. The Kier molecular flexibility index (Phi) is 4.61. The van der Waals surface area contributed by atoms with Crippen molar-refractivity contribution < 1.29 is 9.84 Å². The van der Waals surface area contributed by atoms with Gasteiger partial charge in [0, 0.05) is 19.6 Å². The number of benzene rings is 2. The van der Waals surface area contributed by atoms with Crippen molar-refractivity contribution in [1.82, 2.24) is 4.90 Å². The Hall–Kier alpha value is -2.35. The molecule has 0 saturated carbocycles. The number of aliphatic hydroxyl groups is 1. The van der Waals surface area contributed by atoms with Crippen LogP contribution in [-0.4, -0.2) is 23.7 Å². The molecule has 0 aromatic heterocycles. The van der Waals surface area contributed by atoms with Crippen LogP contribution in [0.4, 0.5) is 0 Å². The SMILES string of the molecule is COc1ccc(CN2CCC(O)c3ccccc3C2)cc1C#N. The van der Waals surface area contributed by atoms with Crippen LogP contribution in [-0.2, 0) is 13.1 Å². The molecule has 23 heavy (non-hydrogen) atoms. The van der Waals surface area contributed by atoms with Gasteiger partial charge in [0.15, 0.2) is 0 Å². The van der Waals surface area contributed by atoms with Crippen molar-refractivity contribution in [2.45, 2.75) is 25.6 Å². The Bertz CT molecular complexity index is 736. The number of nitriles is 1. The minimum atomic E-state index is -0.401. The number of rotatable bonds is 3. The molecule has 2 aromatic rings. The van der Waals surface area contributed by atoms with Gasteiger partial charge in [0.2, 0.25) is 0 Å². The molecule has 3 rings (SSSR count). The molecule has 0 aliphatic carbocycles. The monoisotopic (exact) mass is 308 g/mol. The highest BCUT2D eigenvalue weighted by molar-refractivity contribution is 5.45. The van der Waals surface area contributed by atoms with Crippen LogP contribution >= 0.6 is 0 Å². The van der Waals surface area contributed by atoms with Gasteiger partial charge in [0.05, 0.1) is 18.8 Å². The first-order valence-corrected chi connectivity index (χ1v) is 7.76. The first-order chi connectivity index (χ1) is 11.2. The van der Waals surface area contributed by atoms with Crippen LogP contribution in [0.15, 0.2) is 42.5 Å². The second kappa shape index (κ2) is 6.82. The fourth-order valence-electron chi connectivity index (χ4n) is 3.12. The van der Waals surface area contributed by atoms with E-state index in [4.69, 9.17) is 4.74 Å². The summed E-state index contributed by atoms with van der Waals surface area (Å²) in [6.45, 7) is 2.38. The van der Waals surface area contributed by atoms with E-state index in [0.29, 0.717) is 11.3 Å². The molecule has 1 aliphatic rings. The summed E-state index contributed by atoms with van der Waals surface area (Å²) in [5.41, 5.74) is 3.84. The van der Waals surface area contributed by atoms with Gasteiger partial charge in [-0.3, -0.25) is 4.90 Å². The predicted octanol–water partition coefficient (Wildman–Crippen LogP) is 3.01. The average Bonchev–Trinajstić information content (AvgIpc) is 2.74. The third-order valence-electron chi connectivity index (χ3n) is 4.32. The van der Waals surface area contributed by atoms with Crippen molar-refractivity contribution in [1.29, 1.82) is 5.26 Å². The molecule has 1 atom stereocenters. The van der Waals surface area contributed by atoms with Crippen molar-refractivity contribution in [2.24, 2.45) is 0 Å². The first kappa shape index (κ1) is 15.5. The Balaban J connectivity index is 1.80. The molecule has 0 bridgehead atoms. The summed E-state index contributed by atoms with van der Waals surface area (Å²) >= 11 is 0. The van der Waals surface area contributed by atoms with Gasteiger partial charge in [-0.1, -0.05) is 30.3 Å². The zero-order chi connectivity index (χ0) is 16.2. The standard InChI is InChI=1S/C19H20N2O2/c1-23-19-7-6-14(10-16(19)11-20)12-21-9-8-18(22)17-5-3-2-4-15(17)13-21/h2-7,10,18,22H,8-9,12-13H2,1H3. The lowest BCUT2D eigenvalue weighted by Crippen LogP contribution is -2.23. The number of hydrogen-bond donors (Lipinski definition) is 1. The maximum Gasteiger partial charge on any atom is 0.136 e. The summed E-state index contributed by atoms with van der Waals surface area (Å²) in [4.78, 5) is 2.30. The van der Waals surface area contributed by atoms with Gasteiger partial charge in [-0.2, -0.15) is 5.26 Å². The minimum absolute atomic E-state index is 0.401. The molecule has 4 nitrogen and oxygen atoms in total. The molecule has 0 saturated heterocycles. The van der Waals surface area contributed by atoms with Gasteiger partial charge in [-0.25, -0.2) is 0 Å². The highest BCUT2D eigenvalue weighted by atomic mass is 16.5. The van der Waals surface area contributed by atoms with Crippen LogP contribution in [0.5, 0.6) is 5.75 Å². The van der Waals surface area contributed by atoms with Crippen LogP contribution in [0.1, 0.15) is 34.8 Å². The van der Waals surface area contributed by atoms with Gasteiger partial charge >= 0.3 is 0 Å². The van der Waals surface area contributed by atoms with E-state index in [1.165, 1.54) is 5.56 Å². The highest BCUT2D eigenvalue weighted by Crippen LogP contribution is 2.27. The normalized spacial score (nSPS) is 17.9. The molecule has 1 heterocycles. The Morgan fingerprint density at radius 2 is 2.13 bits per heavy atom. The van der Waals surface area contributed by atoms with Crippen LogP contribution in [0.25, 0.3) is 0 Å². The third kappa shape index (κ3) is 3.37. The van der Waals surface area contributed by atoms with Crippen LogP contribution in [0, 0.1) is 11.3 Å². The topological polar surface area (TPSA) is 56.5 Å². The maximum absolute atomic E-state index is 10.3. The lowest BCUT2D eigenvalue weighted by molar-refractivity contribution is 0.149. The Labute approximate surface area is 136 Å². The third-order valence-corrected chi connectivity index (χ3v) is 4.32. The predicted molar refractivity (Wildman–Crippen MR) is 87.8 cm³/mol. The molecular weight excluding hydrogens is 288 g/mol. The second-order valence-electron chi connectivity index (χ2n) is 5.86. The first-order valence-electron chi connectivity index (χ1n) is 7.76. The quantitative estimate of drug-likeness (QED) is 0.947. The summed E-state index contributed by atoms with van der Waals surface area (Å²) in [5.74, 6) is 0.605. The second-order valence-corrected chi connectivity index (χ2v) is 5.86. The molecule has 0 amide bonds. The van der Waals surface area contributed by atoms with Crippen LogP contribution < -0.4 is 4.74 Å². The molecule has 0 fully saturated rings. The summed E-state index contributed by atoms with van der Waals surface area (Å²) in [5, 5.41) is 19.5. The summed E-state index contributed by atoms with van der Waals surface area (Å²) < 4.78 is 5.19. The van der Waals surface area contributed by atoms with Gasteiger partial charge in [0.1, 0.15) is 11.8 Å². The summed E-state index contributed by atoms with van der Waals surface area (Å²) in [6, 6.07) is 16.0. The van der Waals surface area contributed by atoms with Crippen molar-refractivity contribution in [3.8, 4) is 11.8 Å². The molecule has 0 spiro atoms.